The minimum absolute atomic E-state index is 0.232. The van der Waals surface area contributed by atoms with Gasteiger partial charge in [-0.3, -0.25) is 9.59 Å². The van der Waals surface area contributed by atoms with Crippen molar-refractivity contribution >= 4 is 29.1 Å². The highest BCUT2D eigenvalue weighted by atomic mass is 35.5. The Morgan fingerprint density at radius 2 is 1.88 bits per heavy atom. The summed E-state index contributed by atoms with van der Waals surface area (Å²) in [6.45, 7) is 2.52. The van der Waals surface area contributed by atoms with E-state index in [1.807, 2.05) is 6.92 Å². The van der Waals surface area contributed by atoms with Crippen molar-refractivity contribution in [2.24, 2.45) is 0 Å². The molecule has 0 aliphatic carbocycles. The first-order valence-corrected chi connectivity index (χ1v) is 8.02. The quantitative estimate of drug-likeness (QED) is 0.751. The van der Waals surface area contributed by atoms with Gasteiger partial charge in [-0.1, -0.05) is 48.9 Å². The fraction of sp³-hybridized carbons (Fsp3) is 0.222. The molecule has 6 heteroatoms. The van der Waals surface area contributed by atoms with Gasteiger partial charge in [0, 0.05) is 12.2 Å². The van der Waals surface area contributed by atoms with Gasteiger partial charge in [0.05, 0.1) is 10.6 Å². The van der Waals surface area contributed by atoms with Crippen molar-refractivity contribution in [2.75, 3.05) is 11.9 Å². The number of amides is 2. The number of benzene rings is 2. The number of halogens is 1. The summed E-state index contributed by atoms with van der Waals surface area (Å²) in [5, 5.41) is 15.6. The van der Waals surface area contributed by atoms with Crippen molar-refractivity contribution in [1.29, 1.82) is 0 Å². The number of nitrogens with one attached hydrogen (secondary N) is 2. The number of aliphatic hydroxyl groups excluding tert-OH is 1. The molecule has 1 unspecified atom stereocenters. The summed E-state index contributed by atoms with van der Waals surface area (Å²) in [5.74, 6) is -0.829. The van der Waals surface area contributed by atoms with Crippen LogP contribution in [0.2, 0.25) is 5.02 Å². The van der Waals surface area contributed by atoms with E-state index in [2.05, 4.69) is 10.6 Å². The molecule has 3 N–H and O–H groups in total. The summed E-state index contributed by atoms with van der Waals surface area (Å²) in [6, 6.07) is 13.2. The normalized spacial score (nSPS) is 11.6. The molecule has 0 aliphatic heterocycles. The van der Waals surface area contributed by atoms with Crippen LogP contribution in [0.15, 0.2) is 48.5 Å². The van der Waals surface area contributed by atoms with Gasteiger partial charge in [0.15, 0.2) is 6.10 Å². The maximum atomic E-state index is 12.1. The predicted octanol–water partition coefficient (Wildman–Crippen LogP) is 3.15. The van der Waals surface area contributed by atoms with Gasteiger partial charge in [0.2, 0.25) is 0 Å². The van der Waals surface area contributed by atoms with Crippen molar-refractivity contribution in [3.05, 3.63) is 64.7 Å². The maximum absolute atomic E-state index is 12.1. The molecule has 5 nitrogen and oxygen atoms in total. The van der Waals surface area contributed by atoms with Crippen molar-refractivity contribution in [3.8, 4) is 0 Å². The molecule has 0 radical (unpaired) electrons. The van der Waals surface area contributed by atoms with Crippen LogP contribution in [0.1, 0.15) is 35.4 Å². The second kappa shape index (κ2) is 8.47. The highest BCUT2D eigenvalue weighted by Crippen LogP contribution is 2.22. The minimum Gasteiger partial charge on any atom is -0.378 e. The lowest BCUT2D eigenvalue weighted by Gasteiger charge is -2.13. The Bertz CT molecular complexity index is 719. The van der Waals surface area contributed by atoms with Gasteiger partial charge < -0.3 is 15.7 Å². The number of rotatable bonds is 6. The van der Waals surface area contributed by atoms with Gasteiger partial charge in [-0.2, -0.15) is 0 Å². The van der Waals surface area contributed by atoms with Crippen LogP contribution in [0.4, 0.5) is 5.69 Å². The fourth-order valence-electron chi connectivity index (χ4n) is 2.11. The summed E-state index contributed by atoms with van der Waals surface area (Å²) in [5.41, 5.74) is 1.25. The van der Waals surface area contributed by atoms with E-state index in [-0.39, 0.29) is 10.9 Å². The Labute approximate surface area is 145 Å². The number of hydrogen-bond acceptors (Lipinski definition) is 3. The first kappa shape index (κ1) is 18.0. The zero-order valence-electron chi connectivity index (χ0n) is 13.3. The first-order chi connectivity index (χ1) is 11.5. The van der Waals surface area contributed by atoms with Gasteiger partial charge >= 0.3 is 0 Å². The zero-order valence-corrected chi connectivity index (χ0v) is 14.0. The molecule has 24 heavy (non-hydrogen) atoms. The molecule has 0 aromatic heterocycles. The predicted molar refractivity (Wildman–Crippen MR) is 94.1 cm³/mol. The Kier molecular flexibility index (Phi) is 6.35. The molecule has 126 valence electrons. The summed E-state index contributed by atoms with van der Waals surface area (Å²) in [4.78, 5) is 24.0. The Morgan fingerprint density at radius 3 is 2.50 bits per heavy atom. The van der Waals surface area contributed by atoms with Crippen molar-refractivity contribution < 1.29 is 14.7 Å². The number of carbonyl (C=O) groups excluding carboxylic acids is 2. The summed E-state index contributed by atoms with van der Waals surface area (Å²) < 4.78 is 0. The first-order valence-electron chi connectivity index (χ1n) is 7.64. The molecular formula is C18H19ClN2O3. The van der Waals surface area contributed by atoms with E-state index in [0.717, 1.165) is 6.42 Å². The van der Waals surface area contributed by atoms with E-state index in [0.29, 0.717) is 23.4 Å². The van der Waals surface area contributed by atoms with Crippen molar-refractivity contribution in [3.63, 3.8) is 0 Å². The average molecular weight is 347 g/mol. The third kappa shape index (κ3) is 4.57. The van der Waals surface area contributed by atoms with Crippen molar-refractivity contribution in [1.82, 2.24) is 5.32 Å². The zero-order chi connectivity index (χ0) is 17.5. The van der Waals surface area contributed by atoms with E-state index < -0.39 is 12.0 Å². The van der Waals surface area contributed by atoms with E-state index in [1.54, 1.807) is 36.4 Å². The Hall–Kier alpha value is -2.37. The Morgan fingerprint density at radius 1 is 1.17 bits per heavy atom. The smallest absolute Gasteiger partial charge is 0.257 e. The highest BCUT2D eigenvalue weighted by molar-refractivity contribution is 6.34. The fourth-order valence-corrected chi connectivity index (χ4v) is 2.37. The lowest BCUT2D eigenvalue weighted by atomic mass is 10.1. The molecule has 1 atom stereocenters. The van der Waals surface area contributed by atoms with Gasteiger partial charge in [-0.25, -0.2) is 0 Å². The molecule has 0 aliphatic rings. The third-order valence-corrected chi connectivity index (χ3v) is 3.69. The average Bonchev–Trinajstić information content (AvgIpc) is 2.59. The van der Waals surface area contributed by atoms with Gasteiger partial charge in [-0.15, -0.1) is 0 Å². The standard InChI is InChI=1S/C18H19ClN2O3/c1-2-10-20-17(23)14-9-8-13(11-15(14)19)21-18(24)16(22)12-6-4-3-5-7-12/h3-9,11,16,22H,2,10H2,1H3,(H,20,23)(H,21,24). The van der Waals surface area contributed by atoms with E-state index in [4.69, 9.17) is 11.6 Å². The van der Waals surface area contributed by atoms with Crippen LogP contribution in [-0.2, 0) is 4.79 Å². The van der Waals surface area contributed by atoms with E-state index in [9.17, 15) is 14.7 Å². The molecule has 0 saturated heterocycles. The lowest BCUT2D eigenvalue weighted by molar-refractivity contribution is -0.124. The lowest BCUT2D eigenvalue weighted by Crippen LogP contribution is -2.24. The highest BCUT2D eigenvalue weighted by Gasteiger charge is 2.18. The van der Waals surface area contributed by atoms with Crippen molar-refractivity contribution in [2.45, 2.75) is 19.4 Å². The van der Waals surface area contributed by atoms with Crippen LogP contribution in [0.3, 0.4) is 0 Å². The summed E-state index contributed by atoms with van der Waals surface area (Å²) in [6.07, 6.45) is -0.452. The number of carbonyl (C=O) groups is 2. The van der Waals surface area contributed by atoms with E-state index in [1.165, 1.54) is 12.1 Å². The van der Waals surface area contributed by atoms with Crippen LogP contribution in [0.25, 0.3) is 0 Å². The second-order valence-corrected chi connectivity index (χ2v) is 5.66. The number of hydrogen-bond donors (Lipinski definition) is 3. The van der Waals surface area contributed by atoms with Gasteiger partial charge in [-0.05, 0) is 30.2 Å². The van der Waals surface area contributed by atoms with Gasteiger partial charge in [0.1, 0.15) is 0 Å². The minimum atomic E-state index is -1.28. The molecule has 0 saturated carbocycles. The molecule has 0 bridgehead atoms. The molecule has 0 fully saturated rings. The molecule has 2 aromatic rings. The summed E-state index contributed by atoms with van der Waals surface area (Å²) in [7, 11) is 0. The van der Waals surface area contributed by atoms with Crippen LogP contribution in [0.5, 0.6) is 0 Å². The number of anilines is 1. The van der Waals surface area contributed by atoms with Crippen LogP contribution < -0.4 is 10.6 Å². The Balaban J connectivity index is 2.06. The molecular weight excluding hydrogens is 328 g/mol. The van der Waals surface area contributed by atoms with E-state index >= 15 is 0 Å². The number of aliphatic hydroxyl groups is 1. The SMILES string of the molecule is CCCNC(=O)c1ccc(NC(=O)C(O)c2ccccc2)cc1Cl. The topological polar surface area (TPSA) is 78.4 Å². The van der Waals surface area contributed by atoms with Crippen LogP contribution in [0, 0.1) is 0 Å². The monoisotopic (exact) mass is 346 g/mol. The largest absolute Gasteiger partial charge is 0.378 e. The molecule has 2 rings (SSSR count). The molecule has 0 spiro atoms. The third-order valence-electron chi connectivity index (χ3n) is 3.38. The van der Waals surface area contributed by atoms with Crippen LogP contribution >= 0.6 is 11.6 Å². The maximum Gasteiger partial charge on any atom is 0.257 e. The molecule has 2 aromatic carbocycles. The molecule has 0 heterocycles. The van der Waals surface area contributed by atoms with Gasteiger partial charge in [0.25, 0.3) is 11.8 Å². The molecule has 2 amide bonds. The second-order valence-electron chi connectivity index (χ2n) is 5.25. The van der Waals surface area contributed by atoms with Crippen LogP contribution in [-0.4, -0.2) is 23.5 Å². The summed E-state index contributed by atoms with van der Waals surface area (Å²) >= 11 is 6.11.